The number of hydrogen-bond acceptors (Lipinski definition) is 7. The lowest BCUT2D eigenvalue weighted by Gasteiger charge is -2.35. The van der Waals surface area contributed by atoms with E-state index in [-0.39, 0.29) is 17.4 Å². The third-order valence-electron chi connectivity index (χ3n) is 8.56. The number of nitrogens with zero attached hydrogens (tertiary/aromatic N) is 4. The quantitative estimate of drug-likeness (QED) is 0.326. The number of carbonyl (C=O) groups excluding carboxylic acids is 1. The van der Waals surface area contributed by atoms with Crippen LogP contribution in [0.25, 0.3) is 22.0 Å². The number of hydrogen-bond donors (Lipinski definition) is 3. The largest absolute Gasteiger partial charge is 0.381 e. The van der Waals surface area contributed by atoms with E-state index in [4.69, 9.17) is 9.84 Å². The number of nitrogens with one attached hydrogen (secondary N) is 3. The molecule has 4 aromatic rings. The molecule has 4 aliphatic rings. The molecule has 3 aromatic heterocycles. The van der Waals surface area contributed by atoms with Gasteiger partial charge in [-0.05, 0) is 50.7 Å². The van der Waals surface area contributed by atoms with E-state index >= 15 is 0 Å². The number of fused-ring (bicyclic) bond motifs is 4. The minimum Gasteiger partial charge on any atom is -0.381 e. The standard InChI is InChI=1S/C30H31N7O3/c38-29(17-4-5-17)35-26-14-24(27-22(34-26)8-11-31-30(27)39)33-23-3-1-2-20-21-15-32-37(19-9-12-40-13-10-19)25(21)16-36(28(20)23)18-6-7-18/h1-3,8,11,14-15,17-19H,4-7,9-10,12-13,16H2,(H,31,39)(H2,33,34,35,38). The molecular formula is C30H31N7O3. The highest BCUT2D eigenvalue weighted by Crippen LogP contribution is 2.49. The molecule has 1 saturated heterocycles. The summed E-state index contributed by atoms with van der Waals surface area (Å²) in [7, 11) is 0. The monoisotopic (exact) mass is 537 g/mol. The normalized spacial score (nSPS) is 18.9. The van der Waals surface area contributed by atoms with Gasteiger partial charge in [0.1, 0.15) is 5.82 Å². The van der Waals surface area contributed by atoms with Crippen LogP contribution >= 0.6 is 0 Å². The Kier molecular flexibility index (Phi) is 5.44. The van der Waals surface area contributed by atoms with Crippen molar-refractivity contribution in [3.63, 3.8) is 0 Å². The Balaban J connectivity index is 1.23. The molecule has 2 aliphatic carbocycles. The summed E-state index contributed by atoms with van der Waals surface area (Å²) in [6, 6.07) is 10.7. The van der Waals surface area contributed by atoms with Gasteiger partial charge in [0.25, 0.3) is 5.56 Å². The molecule has 1 amide bonds. The molecule has 0 radical (unpaired) electrons. The zero-order valence-electron chi connectivity index (χ0n) is 22.2. The summed E-state index contributed by atoms with van der Waals surface area (Å²) < 4.78 is 7.85. The second kappa shape index (κ2) is 9.19. The number of carbonyl (C=O) groups is 1. The average molecular weight is 538 g/mol. The highest BCUT2D eigenvalue weighted by atomic mass is 16.5. The number of benzene rings is 1. The van der Waals surface area contributed by atoms with Crippen molar-refractivity contribution < 1.29 is 9.53 Å². The second-order valence-electron chi connectivity index (χ2n) is 11.4. The van der Waals surface area contributed by atoms with E-state index in [2.05, 4.69) is 48.4 Å². The number of amides is 1. The van der Waals surface area contributed by atoms with Crippen molar-refractivity contribution in [2.24, 2.45) is 5.92 Å². The molecule has 0 spiro atoms. The van der Waals surface area contributed by atoms with Crippen LogP contribution in [-0.2, 0) is 16.1 Å². The van der Waals surface area contributed by atoms with Crippen molar-refractivity contribution in [1.29, 1.82) is 0 Å². The molecule has 10 heteroatoms. The van der Waals surface area contributed by atoms with Crippen LogP contribution < -0.4 is 21.1 Å². The molecule has 2 saturated carbocycles. The minimum atomic E-state index is -0.226. The first kappa shape index (κ1) is 23.7. The molecule has 1 aromatic carbocycles. The number of ether oxygens (including phenoxy) is 1. The first-order chi connectivity index (χ1) is 19.6. The first-order valence-corrected chi connectivity index (χ1v) is 14.3. The lowest BCUT2D eigenvalue weighted by atomic mass is 9.96. The van der Waals surface area contributed by atoms with Gasteiger partial charge in [-0.25, -0.2) is 4.98 Å². The van der Waals surface area contributed by atoms with Crippen LogP contribution in [0.2, 0.25) is 0 Å². The van der Waals surface area contributed by atoms with Gasteiger partial charge in [0, 0.05) is 48.6 Å². The van der Waals surface area contributed by atoms with E-state index < -0.39 is 0 Å². The van der Waals surface area contributed by atoms with Crippen LogP contribution in [-0.4, -0.2) is 44.9 Å². The summed E-state index contributed by atoms with van der Waals surface area (Å²) in [6.07, 6.45) is 9.69. The highest BCUT2D eigenvalue weighted by Gasteiger charge is 2.38. The number of rotatable bonds is 6. The highest BCUT2D eigenvalue weighted by molar-refractivity contribution is 6.00. The third-order valence-corrected chi connectivity index (χ3v) is 8.56. The Morgan fingerprint density at radius 3 is 2.65 bits per heavy atom. The third kappa shape index (κ3) is 4.05. The predicted molar refractivity (Wildman–Crippen MR) is 153 cm³/mol. The molecule has 204 valence electrons. The number of anilines is 4. The van der Waals surface area contributed by atoms with Crippen LogP contribution in [0.4, 0.5) is 22.9 Å². The molecular weight excluding hydrogens is 506 g/mol. The summed E-state index contributed by atoms with van der Waals surface area (Å²) in [5.74, 6) is 0.479. The van der Waals surface area contributed by atoms with Gasteiger partial charge in [-0.3, -0.25) is 14.3 Å². The molecule has 0 bridgehead atoms. The smallest absolute Gasteiger partial charge is 0.259 e. The van der Waals surface area contributed by atoms with E-state index in [9.17, 15) is 9.59 Å². The summed E-state index contributed by atoms with van der Waals surface area (Å²) in [5, 5.41) is 11.9. The zero-order valence-corrected chi connectivity index (χ0v) is 22.2. The topological polar surface area (TPSA) is 117 Å². The fourth-order valence-corrected chi connectivity index (χ4v) is 6.20. The van der Waals surface area contributed by atoms with E-state index in [0.29, 0.717) is 34.5 Å². The molecule has 2 aliphatic heterocycles. The maximum atomic E-state index is 13.0. The number of para-hydroxylation sites is 1. The van der Waals surface area contributed by atoms with E-state index in [1.807, 2.05) is 6.20 Å². The maximum absolute atomic E-state index is 13.0. The van der Waals surface area contributed by atoms with Crippen molar-refractivity contribution in [3.05, 3.63) is 58.8 Å². The second-order valence-corrected chi connectivity index (χ2v) is 11.4. The van der Waals surface area contributed by atoms with Gasteiger partial charge in [-0.15, -0.1) is 0 Å². The Hall–Kier alpha value is -4.18. The number of pyridine rings is 2. The minimum absolute atomic E-state index is 0.0197. The van der Waals surface area contributed by atoms with Crippen molar-refractivity contribution in [2.45, 2.75) is 57.2 Å². The van der Waals surface area contributed by atoms with Crippen LogP contribution in [0.15, 0.2) is 47.5 Å². The van der Waals surface area contributed by atoms with Gasteiger partial charge in [0.05, 0.1) is 52.4 Å². The van der Waals surface area contributed by atoms with Crippen LogP contribution in [0.1, 0.15) is 50.3 Å². The summed E-state index contributed by atoms with van der Waals surface area (Å²) in [6.45, 7) is 2.35. The molecule has 0 unspecified atom stereocenters. The fraction of sp³-hybridized carbons (Fsp3) is 0.400. The van der Waals surface area contributed by atoms with Gasteiger partial charge < -0.3 is 25.3 Å². The Labute approximate surface area is 230 Å². The lowest BCUT2D eigenvalue weighted by molar-refractivity contribution is -0.117. The number of aromatic nitrogens is 4. The van der Waals surface area contributed by atoms with Gasteiger partial charge in [-0.1, -0.05) is 12.1 Å². The van der Waals surface area contributed by atoms with Gasteiger partial charge in [0.2, 0.25) is 5.91 Å². The van der Waals surface area contributed by atoms with Crippen LogP contribution in [0.3, 0.4) is 0 Å². The summed E-state index contributed by atoms with van der Waals surface area (Å²) in [5.41, 5.74) is 6.54. The Morgan fingerprint density at radius 1 is 1.00 bits per heavy atom. The number of aromatic amines is 1. The van der Waals surface area contributed by atoms with Crippen molar-refractivity contribution in [3.8, 4) is 11.1 Å². The molecule has 40 heavy (non-hydrogen) atoms. The lowest BCUT2D eigenvalue weighted by Crippen LogP contribution is -2.32. The van der Waals surface area contributed by atoms with Crippen LogP contribution in [0.5, 0.6) is 0 Å². The number of H-pyrrole nitrogens is 1. The molecule has 3 fully saturated rings. The van der Waals surface area contributed by atoms with E-state index in [0.717, 1.165) is 80.8 Å². The van der Waals surface area contributed by atoms with E-state index in [1.165, 1.54) is 5.69 Å². The van der Waals surface area contributed by atoms with Gasteiger partial charge in [-0.2, -0.15) is 5.10 Å². The molecule has 8 rings (SSSR count). The molecule has 5 heterocycles. The van der Waals surface area contributed by atoms with Crippen LogP contribution in [0, 0.1) is 5.92 Å². The van der Waals surface area contributed by atoms with Gasteiger partial charge in [0.15, 0.2) is 0 Å². The van der Waals surface area contributed by atoms with Crippen molar-refractivity contribution >= 4 is 39.7 Å². The zero-order chi connectivity index (χ0) is 26.8. The van der Waals surface area contributed by atoms with Crippen molar-refractivity contribution in [1.82, 2.24) is 19.7 Å². The molecule has 3 N–H and O–H groups in total. The average Bonchev–Trinajstić information content (AvgIpc) is 3.90. The summed E-state index contributed by atoms with van der Waals surface area (Å²) in [4.78, 5) is 35.4. The van der Waals surface area contributed by atoms with Gasteiger partial charge >= 0.3 is 0 Å². The fourth-order valence-electron chi connectivity index (χ4n) is 6.20. The van der Waals surface area contributed by atoms with Crippen molar-refractivity contribution in [2.75, 3.05) is 28.7 Å². The predicted octanol–water partition coefficient (Wildman–Crippen LogP) is 4.71. The van der Waals surface area contributed by atoms with E-state index in [1.54, 1.807) is 18.3 Å². The Bertz CT molecular complexity index is 1700. The molecule has 10 nitrogen and oxygen atoms in total. The molecule has 0 atom stereocenters. The first-order valence-electron chi connectivity index (χ1n) is 14.3. The SMILES string of the molecule is O=C(Nc1cc(Nc2cccc3c2N(C2CC2)Cc2c-3cnn2C2CCOCC2)c2c(=O)[nH]ccc2n1)C1CC1. The summed E-state index contributed by atoms with van der Waals surface area (Å²) >= 11 is 0. The maximum Gasteiger partial charge on any atom is 0.259 e. The Morgan fingerprint density at radius 2 is 1.85 bits per heavy atom.